The quantitative estimate of drug-likeness (QED) is 0.523. The van der Waals surface area contributed by atoms with Crippen molar-refractivity contribution in [3.8, 4) is 0 Å². The highest BCUT2D eigenvalue weighted by Gasteiger charge is 2.41. The molecule has 0 aromatic heterocycles. The molecule has 2 aliphatic heterocycles. The normalized spacial score (nSPS) is 19.5. The van der Waals surface area contributed by atoms with Crippen LogP contribution in [0.1, 0.15) is 66.7 Å². The van der Waals surface area contributed by atoms with Gasteiger partial charge in [-0.05, 0) is 70.7 Å². The topological polar surface area (TPSA) is 107 Å². The number of hydrogen-bond acceptors (Lipinski definition) is 5. The largest absolute Gasteiger partial charge is 0.342 e. The van der Waals surface area contributed by atoms with E-state index >= 15 is 0 Å². The van der Waals surface area contributed by atoms with E-state index in [0.717, 1.165) is 12.8 Å². The van der Waals surface area contributed by atoms with E-state index in [9.17, 15) is 22.8 Å². The molecule has 3 rings (SSSR count). The molecule has 0 aliphatic carbocycles. The predicted octanol–water partition coefficient (Wildman–Crippen LogP) is 3.32. The molecule has 10 heteroatoms. The van der Waals surface area contributed by atoms with Crippen molar-refractivity contribution in [2.24, 2.45) is 11.8 Å². The van der Waals surface area contributed by atoms with E-state index in [0.29, 0.717) is 51.3 Å². The first-order chi connectivity index (χ1) is 17.4. The number of carbonyl (C=O) groups excluding carboxylic acids is 3. The number of sulfonamides is 1. The number of rotatable bonds is 9. The van der Waals surface area contributed by atoms with Gasteiger partial charge in [0.15, 0.2) is 0 Å². The highest BCUT2D eigenvalue weighted by Crippen LogP contribution is 2.29. The zero-order valence-electron chi connectivity index (χ0n) is 22.8. The van der Waals surface area contributed by atoms with Crippen LogP contribution in [0.5, 0.6) is 0 Å². The summed E-state index contributed by atoms with van der Waals surface area (Å²) < 4.78 is 27.4. The predicted molar refractivity (Wildman–Crippen MR) is 143 cm³/mol. The SMILES string of the molecule is CCCN(CCC)S(=O)(=O)c1ccc(NC(=O)C2CCN(C(=O)C3CC(=O)N(C(C)(C)C)C3)CC2)cc1. The number of carbonyl (C=O) groups is 3. The number of piperidine rings is 1. The summed E-state index contributed by atoms with van der Waals surface area (Å²) in [7, 11) is -3.57. The van der Waals surface area contributed by atoms with Gasteiger partial charge in [-0.15, -0.1) is 0 Å². The Balaban J connectivity index is 1.53. The Morgan fingerprint density at radius 3 is 2.05 bits per heavy atom. The molecule has 1 aromatic rings. The highest BCUT2D eigenvalue weighted by atomic mass is 32.2. The van der Waals surface area contributed by atoms with E-state index in [4.69, 9.17) is 0 Å². The number of nitrogens with zero attached hydrogens (tertiary/aromatic N) is 3. The number of anilines is 1. The van der Waals surface area contributed by atoms with Gasteiger partial charge in [-0.2, -0.15) is 4.31 Å². The van der Waals surface area contributed by atoms with Crippen molar-refractivity contribution in [3.63, 3.8) is 0 Å². The Kier molecular flexibility index (Phi) is 9.39. The van der Waals surface area contributed by atoms with Gasteiger partial charge in [0.1, 0.15) is 0 Å². The van der Waals surface area contributed by atoms with Crippen molar-refractivity contribution >= 4 is 33.4 Å². The molecule has 2 saturated heterocycles. The lowest BCUT2D eigenvalue weighted by molar-refractivity contribution is -0.138. The van der Waals surface area contributed by atoms with Gasteiger partial charge in [-0.25, -0.2) is 8.42 Å². The third-order valence-corrected chi connectivity index (χ3v) is 9.08. The minimum absolute atomic E-state index is 0.00375. The standard InChI is InChI=1S/C27H42N4O5S/c1-6-14-30(15-7-2)37(35,36)23-10-8-22(9-11-23)28-25(33)20-12-16-29(17-13-20)26(34)21-18-24(32)31(19-21)27(3,4)5/h8-11,20-21H,6-7,12-19H2,1-5H3,(H,28,33). The molecule has 1 atom stereocenters. The number of benzene rings is 1. The Labute approximate surface area is 221 Å². The molecule has 2 heterocycles. The lowest BCUT2D eigenvalue weighted by atomic mass is 9.94. The summed E-state index contributed by atoms with van der Waals surface area (Å²) in [6.07, 6.45) is 2.84. The number of amides is 3. The average molecular weight is 535 g/mol. The van der Waals surface area contributed by atoms with Gasteiger partial charge in [-0.1, -0.05) is 13.8 Å². The molecule has 1 N–H and O–H groups in total. The maximum Gasteiger partial charge on any atom is 0.243 e. The summed E-state index contributed by atoms with van der Waals surface area (Å²) >= 11 is 0. The fraction of sp³-hybridized carbons (Fsp3) is 0.667. The molecular weight excluding hydrogens is 492 g/mol. The molecule has 1 aromatic carbocycles. The molecule has 1 unspecified atom stereocenters. The molecule has 206 valence electrons. The average Bonchev–Trinajstić information content (AvgIpc) is 3.26. The first kappa shape index (κ1) is 29.1. The summed E-state index contributed by atoms with van der Waals surface area (Å²) in [5.41, 5.74) is 0.246. The maximum absolute atomic E-state index is 13.0. The molecule has 2 fully saturated rings. The van der Waals surface area contributed by atoms with Crippen LogP contribution in [0.3, 0.4) is 0 Å². The van der Waals surface area contributed by atoms with Gasteiger partial charge < -0.3 is 15.1 Å². The molecule has 0 radical (unpaired) electrons. The fourth-order valence-corrected chi connectivity index (χ4v) is 6.72. The van der Waals surface area contributed by atoms with Gasteiger partial charge >= 0.3 is 0 Å². The monoisotopic (exact) mass is 534 g/mol. The molecule has 3 amide bonds. The number of hydrogen-bond donors (Lipinski definition) is 1. The smallest absolute Gasteiger partial charge is 0.243 e. The first-order valence-electron chi connectivity index (χ1n) is 13.4. The Hall–Kier alpha value is -2.46. The Morgan fingerprint density at radius 2 is 1.57 bits per heavy atom. The van der Waals surface area contributed by atoms with Crippen molar-refractivity contribution in [1.82, 2.24) is 14.1 Å². The van der Waals surface area contributed by atoms with Crippen LogP contribution >= 0.6 is 0 Å². The van der Waals surface area contributed by atoms with Gasteiger partial charge in [0.25, 0.3) is 0 Å². The van der Waals surface area contributed by atoms with Crippen LogP contribution in [0, 0.1) is 11.8 Å². The molecule has 37 heavy (non-hydrogen) atoms. The van der Waals surface area contributed by atoms with Crippen molar-refractivity contribution in [2.75, 3.05) is 38.0 Å². The fourth-order valence-electron chi connectivity index (χ4n) is 5.10. The van der Waals surface area contributed by atoms with Crippen LogP contribution in [0.4, 0.5) is 5.69 Å². The Bertz CT molecular complexity index is 1070. The van der Waals surface area contributed by atoms with Crippen molar-refractivity contribution < 1.29 is 22.8 Å². The zero-order chi connectivity index (χ0) is 27.4. The van der Waals surface area contributed by atoms with Crippen molar-refractivity contribution in [2.45, 2.75) is 77.2 Å². The van der Waals surface area contributed by atoms with E-state index in [1.165, 1.54) is 16.4 Å². The summed E-state index contributed by atoms with van der Waals surface area (Å²) in [6.45, 7) is 12.2. The van der Waals surface area contributed by atoms with E-state index in [1.54, 1.807) is 21.9 Å². The van der Waals surface area contributed by atoms with Gasteiger partial charge in [0.05, 0.1) is 10.8 Å². The zero-order valence-corrected chi connectivity index (χ0v) is 23.6. The molecule has 0 spiro atoms. The second-order valence-corrected chi connectivity index (χ2v) is 13.0. The molecule has 9 nitrogen and oxygen atoms in total. The third kappa shape index (κ3) is 6.90. The minimum atomic E-state index is -3.57. The van der Waals surface area contributed by atoms with Crippen LogP contribution in [0.2, 0.25) is 0 Å². The first-order valence-corrected chi connectivity index (χ1v) is 14.8. The van der Waals surface area contributed by atoms with Crippen LogP contribution in [0.15, 0.2) is 29.2 Å². The molecule has 2 aliphatic rings. The van der Waals surface area contributed by atoms with Crippen LogP contribution < -0.4 is 5.32 Å². The van der Waals surface area contributed by atoms with Crippen LogP contribution in [0.25, 0.3) is 0 Å². The second kappa shape index (κ2) is 11.9. The number of likely N-dealkylation sites (tertiary alicyclic amines) is 2. The lowest BCUT2D eigenvalue weighted by Crippen LogP contribution is -2.46. The number of nitrogens with one attached hydrogen (secondary N) is 1. The Morgan fingerprint density at radius 1 is 1.00 bits per heavy atom. The summed E-state index contributed by atoms with van der Waals surface area (Å²) in [4.78, 5) is 42.0. The molecule has 0 bridgehead atoms. The summed E-state index contributed by atoms with van der Waals surface area (Å²) in [5, 5.41) is 2.90. The van der Waals surface area contributed by atoms with Crippen molar-refractivity contribution in [3.05, 3.63) is 24.3 Å². The summed E-state index contributed by atoms with van der Waals surface area (Å²) in [5.74, 6) is -0.666. The van der Waals surface area contributed by atoms with Crippen molar-refractivity contribution in [1.29, 1.82) is 0 Å². The highest BCUT2D eigenvalue weighted by molar-refractivity contribution is 7.89. The van der Waals surface area contributed by atoms with E-state index in [1.807, 2.05) is 34.6 Å². The lowest BCUT2D eigenvalue weighted by Gasteiger charge is -2.34. The van der Waals surface area contributed by atoms with Gasteiger partial charge in [0.2, 0.25) is 27.7 Å². The third-order valence-electron chi connectivity index (χ3n) is 7.17. The molecular formula is C27H42N4O5S. The minimum Gasteiger partial charge on any atom is -0.342 e. The second-order valence-electron chi connectivity index (χ2n) is 11.1. The van der Waals surface area contributed by atoms with E-state index < -0.39 is 10.0 Å². The van der Waals surface area contributed by atoms with Gasteiger partial charge in [-0.3, -0.25) is 14.4 Å². The summed E-state index contributed by atoms with van der Waals surface area (Å²) in [6, 6.07) is 6.32. The molecule has 0 saturated carbocycles. The van der Waals surface area contributed by atoms with Crippen LogP contribution in [-0.2, 0) is 24.4 Å². The van der Waals surface area contributed by atoms with E-state index in [-0.39, 0.29) is 46.4 Å². The van der Waals surface area contributed by atoms with Gasteiger partial charge in [0, 0.05) is 56.3 Å². The van der Waals surface area contributed by atoms with Crippen LogP contribution in [-0.4, -0.2) is 78.5 Å². The maximum atomic E-state index is 13.0. The van der Waals surface area contributed by atoms with E-state index in [2.05, 4.69) is 5.32 Å².